The third kappa shape index (κ3) is 3.03. The Morgan fingerprint density at radius 3 is 2.36 bits per heavy atom. The molecule has 0 atom stereocenters. The van der Waals surface area contributed by atoms with Crippen molar-refractivity contribution in [1.29, 1.82) is 0 Å². The van der Waals surface area contributed by atoms with Gasteiger partial charge in [0.2, 0.25) is 0 Å². The molecule has 0 aliphatic rings. The molecule has 0 aromatic carbocycles. The maximum atomic E-state index is 10.2. The maximum Gasteiger partial charge on any atom is 0.527 e. The molecule has 0 saturated carbocycles. The van der Waals surface area contributed by atoms with Crippen molar-refractivity contribution in [3.8, 4) is 6.01 Å². The second kappa shape index (κ2) is 2.91. The molecule has 0 saturated heterocycles. The van der Waals surface area contributed by atoms with Gasteiger partial charge in [0, 0.05) is 0 Å². The lowest BCUT2D eigenvalue weighted by Gasteiger charge is -2.01. The van der Waals surface area contributed by atoms with Gasteiger partial charge >= 0.3 is 13.8 Å². The molecule has 0 aliphatic carbocycles. The molecule has 11 heavy (non-hydrogen) atoms. The van der Waals surface area contributed by atoms with Crippen LogP contribution in [0.15, 0.2) is 12.7 Å². The summed E-state index contributed by atoms with van der Waals surface area (Å²) in [4.78, 5) is 26.6. The van der Waals surface area contributed by atoms with E-state index in [-0.39, 0.29) is 0 Å². The zero-order valence-corrected chi connectivity index (χ0v) is 6.05. The molecule has 0 fully saturated rings. The smallest absolute Gasteiger partial charge is 0.368 e. The summed E-state index contributed by atoms with van der Waals surface area (Å²) in [5.74, 6) is 0. The Bertz CT molecular complexity index is 271. The third-order valence-corrected chi connectivity index (χ3v) is 1.07. The minimum atomic E-state index is -4.54. The van der Waals surface area contributed by atoms with Crippen molar-refractivity contribution in [2.75, 3.05) is 0 Å². The fourth-order valence-corrected chi connectivity index (χ4v) is 0.689. The molecule has 0 unspecified atom stereocenters. The van der Waals surface area contributed by atoms with Crippen LogP contribution in [-0.2, 0) is 4.57 Å². The van der Waals surface area contributed by atoms with Crippen LogP contribution in [0.3, 0.4) is 0 Å². The van der Waals surface area contributed by atoms with Crippen LogP contribution >= 0.6 is 7.82 Å². The number of aromatic nitrogens is 3. The van der Waals surface area contributed by atoms with E-state index in [1.54, 1.807) is 0 Å². The highest BCUT2D eigenvalue weighted by molar-refractivity contribution is 7.46. The summed E-state index contributed by atoms with van der Waals surface area (Å²) in [6.45, 7) is 0. The van der Waals surface area contributed by atoms with Gasteiger partial charge in [-0.15, -0.1) is 0 Å². The molecule has 0 bridgehead atoms. The number of phosphoric acid groups is 1. The molecule has 1 rings (SSSR count). The van der Waals surface area contributed by atoms with Crippen molar-refractivity contribution in [2.45, 2.75) is 0 Å². The lowest BCUT2D eigenvalue weighted by molar-refractivity contribution is 0.275. The van der Waals surface area contributed by atoms with E-state index in [0.717, 1.165) is 12.7 Å². The van der Waals surface area contributed by atoms with Crippen LogP contribution in [-0.4, -0.2) is 24.7 Å². The van der Waals surface area contributed by atoms with Crippen LogP contribution in [0, 0.1) is 0 Å². The molecule has 0 spiro atoms. The number of nitrogens with zero attached hydrogens (tertiary/aromatic N) is 3. The van der Waals surface area contributed by atoms with E-state index in [0.29, 0.717) is 0 Å². The van der Waals surface area contributed by atoms with E-state index in [1.165, 1.54) is 0 Å². The van der Waals surface area contributed by atoms with Crippen molar-refractivity contribution in [3.05, 3.63) is 12.7 Å². The Kier molecular flexibility index (Phi) is 2.13. The van der Waals surface area contributed by atoms with Crippen LogP contribution in [0.2, 0.25) is 0 Å². The van der Waals surface area contributed by atoms with Crippen molar-refractivity contribution in [1.82, 2.24) is 15.0 Å². The van der Waals surface area contributed by atoms with E-state index in [2.05, 4.69) is 19.5 Å². The van der Waals surface area contributed by atoms with Gasteiger partial charge in [-0.2, -0.15) is 9.97 Å². The fraction of sp³-hybridized carbons (Fsp3) is 0. The number of hydrogen-bond donors (Lipinski definition) is 2. The Balaban J connectivity index is 2.74. The topological polar surface area (TPSA) is 105 Å². The Labute approximate surface area is 61.3 Å². The first-order valence-corrected chi connectivity index (χ1v) is 3.98. The molecule has 2 N–H and O–H groups in total. The second-order valence-electron chi connectivity index (χ2n) is 1.50. The SMILES string of the molecule is O=P(O)(O)Oc1ncncn1. The molecule has 0 amide bonds. The lowest BCUT2D eigenvalue weighted by atomic mass is 11.0. The van der Waals surface area contributed by atoms with Gasteiger partial charge < -0.3 is 4.52 Å². The van der Waals surface area contributed by atoms with E-state index >= 15 is 0 Å². The van der Waals surface area contributed by atoms with E-state index in [1.807, 2.05) is 0 Å². The van der Waals surface area contributed by atoms with E-state index in [4.69, 9.17) is 9.79 Å². The van der Waals surface area contributed by atoms with Gasteiger partial charge in [0.05, 0.1) is 0 Å². The summed E-state index contributed by atoms with van der Waals surface area (Å²) in [5, 5.41) is 0. The predicted molar refractivity (Wildman–Crippen MR) is 32.5 cm³/mol. The molecular weight excluding hydrogens is 173 g/mol. The highest BCUT2D eigenvalue weighted by atomic mass is 31.2. The van der Waals surface area contributed by atoms with E-state index in [9.17, 15) is 4.57 Å². The third-order valence-electron chi connectivity index (χ3n) is 0.670. The molecule has 7 nitrogen and oxygen atoms in total. The highest BCUT2D eigenvalue weighted by Gasteiger charge is 2.16. The standard InChI is InChI=1S/C3H4N3O4P/c7-11(8,9)10-3-5-1-4-2-6-3/h1-2H,(H2,7,8,9). The number of phosphoric ester groups is 1. The summed E-state index contributed by atoms with van der Waals surface area (Å²) in [6.07, 6.45) is 2.13. The van der Waals surface area contributed by atoms with Crippen LogP contribution in [0.1, 0.15) is 0 Å². The Hall–Kier alpha value is -1.04. The van der Waals surface area contributed by atoms with E-state index < -0.39 is 13.8 Å². The molecule has 1 aromatic heterocycles. The average molecular weight is 177 g/mol. The van der Waals surface area contributed by atoms with Crippen LogP contribution < -0.4 is 4.52 Å². The van der Waals surface area contributed by atoms with Gasteiger partial charge in [0.25, 0.3) is 0 Å². The zero-order chi connectivity index (χ0) is 8.32. The maximum absolute atomic E-state index is 10.2. The summed E-state index contributed by atoms with van der Waals surface area (Å²) in [6, 6.07) is -0.395. The van der Waals surface area contributed by atoms with Gasteiger partial charge in [-0.3, -0.25) is 9.79 Å². The first-order chi connectivity index (χ1) is 5.08. The summed E-state index contributed by atoms with van der Waals surface area (Å²) >= 11 is 0. The molecule has 8 heteroatoms. The van der Waals surface area contributed by atoms with Crippen molar-refractivity contribution in [2.24, 2.45) is 0 Å². The van der Waals surface area contributed by atoms with Gasteiger partial charge in [-0.05, 0) is 0 Å². The first-order valence-electron chi connectivity index (χ1n) is 2.45. The van der Waals surface area contributed by atoms with Gasteiger partial charge in [-0.25, -0.2) is 9.55 Å². The Morgan fingerprint density at radius 2 is 1.91 bits per heavy atom. The molecule has 1 aromatic rings. The fourth-order valence-electron chi connectivity index (χ4n) is 0.382. The minimum absolute atomic E-state index is 0.395. The van der Waals surface area contributed by atoms with Gasteiger partial charge in [0.1, 0.15) is 12.7 Å². The van der Waals surface area contributed by atoms with Crippen molar-refractivity contribution < 1.29 is 18.9 Å². The second-order valence-corrected chi connectivity index (χ2v) is 2.67. The number of hydrogen-bond acceptors (Lipinski definition) is 5. The summed E-state index contributed by atoms with van der Waals surface area (Å²) < 4.78 is 14.2. The Morgan fingerprint density at radius 1 is 1.36 bits per heavy atom. The summed E-state index contributed by atoms with van der Waals surface area (Å²) in [5.41, 5.74) is 0. The molecule has 60 valence electrons. The van der Waals surface area contributed by atoms with Gasteiger partial charge in [-0.1, -0.05) is 0 Å². The molecular formula is C3H4N3O4P. The molecule has 0 radical (unpaired) electrons. The molecule has 1 heterocycles. The van der Waals surface area contributed by atoms with Gasteiger partial charge in [0.15, 0.2) is 0 Å². The molecule has 0 aliphatic heterocycles. The van der Waals surface area contributed by atoms with Crippen molar-refractivity contribution >= 4 is 7.82 Å². The minimum Gasteiger partial charge on any atom is -0.368 e. The van der Waals surface area contributed by atoms with Crippen LogP contribution in [0.5, 0.6) is 6.01 Å². The van der Waals surface area contributed by atoms with Crippen molar-refractivity contribution in [3.63, 3.8) is 0 Å². The summed E-state index contributed by atoms with van der Waals surface area (Å²) in [7, 11) is -4.54. The first kappa shape index (κ1) is 8.06. The number of rotatable bonds is 2. The average Bonchev–Trinajstić information content (AvgIpc) is 1.85. The lowest BCUT2D eigenvalue weighted by Crippen LogP contribution is -1.95. The largest absolute Gasteiger partial charge is 0.527 e. The predicted octanol–water partition coefficient (Wildman–Crippen LogP) is -0.657. The van der Waals surface area contributed by atoms with Crippen LogP contribution in [0.25, 0.3) is 0 Å². The monoisotopic (exact) mass is 177 g/mol. The quantitative estimate of drug-likeness (QED) is 0.577. The van der Waals surface area contributed by atoms with Crippen LogP contribution in [0.4, 0.5) is 0 Å². The normalized spacial score (nSPS) is 11.1. The zero-order valence-electron chi connectivity index (χ0n) is 5.15. The highest BCUT2D eigenvalue weighted by Crippen LogP contribution is 2.34.